The first-order valence-corrected chi connectivity index (χ1v) is 20.8. The molecule has 15 nitrogen and oxygen atoms in total. The molecule has 0 aliphatic heterocycles. The lowest BCUT2D eigenvalue weighted by molar-refractivity contribution is -0.154. The third kappa shape index (κ3) is 17.7. The molecule has 15 heteroatoms. The molecule has 4 N–H and O–H groups in total. The maximum atomic E-state index is 14.1. The van der Waals surface area contributed by atoms with Gasteiger partial charge in [0.15, 0.2) is 6.10 Å². The van der Waals surface area contributed by atoms with Gasteiger partial charge in [0.25, 0.3) is 5.91 Å². The fourth-order valence-electron chi connectivity index (χ4n) is 6.30. The number of carbonyl (C=O) groups is 7. The summed E-state index contributed by atoms with van der Waals surface area (Å²) in [5.41, 5.74) is 2.13. The molecule has 0 aliphatic rings. The molecule has 0 aromatic heterocycles. The van der Waals surface area contributed by atoms with Gasteiger partial charge in [-0.15, -0.1) is 0 Å². The van der Waals surface area contributed by atoms with Crippen molar-refractivity contribution in [3.05, 3.63) is 59.2 Å². The van der Waals surface area contributed by atoms with Crippen molar-refractivity contribution in [1.82, 2.24) is 25.8 Å². The number of aliphatic hydroxyl groups is 1. The zero-order chi connectivity index (χ0) is 45.9. The highest BCUT2D eigenvalue weighted by Gasteiger charge is 2.35. The quantitative estimate of drug-likeness (QED) is 0.0673. The van der Waals surface area contributed by atoms with E-state index in [2.05, 4.69) is 20.7 Å². The Morgan fingerprint density at radius 1 is 0.833 bits per heavy atom. The Balaban J connectivity index is 3.20. The van der Waals surface area contributed by atoms with E-state index in [0.29, 0.717) is 12.8 Å². The average molecular weight is 842 g/mol. The van der Waals surface area contributed by atoms with Crippen LogP contribution >= 0.6 is 0 Å². The lowest BCUT2D eigenvalue weighted by Gasteiger charge is -2.33. The normalized spacial score (nSPS) is 15.8. The Bertz CT molecular complexity index is 1660. The Morgan fingerprint density at radius 3 is 1.98 bits per heavy atom. The molecule has 0 spiro atoms. The Labute approximate surface area is 357 Å². The maximum Gasteiger partial charge on any atom is 0.334 e. The molecular formula is C45H71N5O10. The van der Waals surface area contributed by atoms with Crippen molar-refractivity contribution in [2.24, 2.45) is 17.8 Å². The molecule has 0 bridgehead atoms. The summed E-state index contributed by atoms with van der Waals surface area (Å²) in [6.45, 7) is 17.3. The minimum absolute atomic E-state index is 0.0299. The highest BCUT2D eigenvalue weighted by molar-refractivity contribution is 5.96. The molecule has 0 heterocycles. The van der Waals surface area contributed by atoms with Gasteiger partial charge >= 0.3 is 11.9 Å². The first-order valence-electron chi connectivity index (χ1n) is 20.8. The van der Waals surface area contributed by atoms with E-state index >= 15 is 0 Å². The Kier molecular flexibility index (Phi) is 23.1. The first kappa shape index (κ1) is 53.0. The maximum absolute atomic E-state index is 14.1. The van der Waals surface area contributed by atoms with Crippen molar-refractivity contribution >= 4 is 41.5 Å². The van der Waals surface area contributed by atoms with E-state index in [4.69, 9.17) is 4.74 Å². The number of hydrogen-bond donors (Lipinski definition) is 4. The van der Waals surface area contributed by atoms with Crippen LogP contribution in [0.5, 0.6) is 0 Å². The Hall–Kier alpha value is -5.05. The van der Waals surface area contributed by atoms with Crippen molar-refractivity contribution in [3.8, 4) is 0 Å². The molecule has 60 heavy (non-hydrogen) atoms. The van der Waals surface area contributed by atoms with E-state index in [9.17, 15) is 38.7 Å². The SMILES string of the molecule is C/C=C(\C)C[C@@H](C)[C@@H](O)C/C=C(\C)C(=O)O[C@H](CC(C)C)C(=O)N[C@@H](C)C(=O)N(C)[C@@H](Cc1ccccc1)C(=O)N(C)CC(=O)N[C@H](C(=O)N[C@H](C)C(=O)OC)C(C)CC. The van der Waals surface area contributed by atoms with Crippen LogP contribution in [0.1, 0.15) is 100 Å². The van der Waals surface area contributed by atoms with E-state index in [1.807, 2.05) is 53.7 Å². The van der Waals surface area contributed by atoms with E-state index in [-0.39, 0.29) is 42.6 Å². The second-order valence-corrected chi connectivity index (χ2v) is 16.3. The molecule has 0 saturated heterocycles. The molecule has 0 radical (unpaired) electrons. The molecule has 1 rings (SSSR count). The molecule has 0 fully saturated rings. The monoisotopic (exact) mass is 842 g/mol. The number of allylic oxidation sites excluding steroid dienone is 2. The number of likely N-dealkylation sites (N-methyl/N-ethyl adjacent to an activating group) is 2. The average Bonchev–Trinajstić information content (AvgIpc) is 3.21. The van der Waals surface area contributed by atoms with Crippen molar-refractivity contribution in [2.45, 2.75) is 138 Å². The van der Waals surface area contributed by atoms with Crippen LogP contribution in [-0.4, -0.2) is 121 Å². The summed E-state index contributed by atoms with van der Waals surface area (Å²) in [5.74, 6) is -4.85. The standard InChI is InChI=1S/C45H71N5O10/c1-14-28(5)24-31(8)36(51)22-21-30(7)44(57)60-37(23-27(3)4)40(53)46-32(9)42(55)50(12)35(25-34-19-17-16-18-20-34)43(56)49(11)26-38(52)48-39(29(6)15-2)41(54)47-33(10)45(58)59-13/h14,16-21,27,29,31-33,35-37,39,51H,15,22-26H2,1-13H3,(H,46,53)(H,47,54)(H,48,52)/b28-14+,30-21+/t29?,31-,32+,33-,35+,36+,37-,39+/m1/s1. The number of esters is 2. The lowest BCUT2D eigenvalue weighted by Crippen LogP contribution is -2.57. The molecule has 1 unspecified atom stereocenters. The fourth-order valence-corrected chi connectivity index (χ4v) is 6.30. The van der Waals surface area contributed by atoms with Gasteiger partial charge < -0.3 is 40.3 Å². The number of benzene rings is 1. The number of aliphatic hydroxyl groups excluding tert-OH is 1. The smallest absolute Gasteiger partial charge is 0.334 e. The van der Waals surface area contributed by atoms with Crippen LogP contribution in [0.2, 0.25) is 0 Å². The molecule has 5 amide bonds. The highest BCUT2D eigenvalue weighted by Crippen LogP contribution is 2.19. The summed E-state index contributed by atoms with van der Waals surface area (Å²) >= 11 is 0. The number of nitrogens with zero attached hydrogens (tertiary/aromatic N) is 2. The van der Waals surface area contributed by atoms with Crippen LogP contribution in [0, 0.1) is 17.8 Å². The minimum atomic E-state index is -1.22. The fraction of sp³-hybridized carbons (Fsp3) is 0.622. The molecule has 8 atom stereocenters. The van der Waals surface area contributed by atoms with Crippen molar-refractivity contribution in [2.75, 3.05) is 27.7 Å². The summed E-state index contributed by atoms with van der Waals surface area (Å²) in [7, 11) is 4.05. The van der Waals surface area contributed by atoms with E-state index in [1.165, 1.54) is 40.0 Å². The van der Waals surface area contributed by atoms with Gasteiger partial charge in [0, 0.05) is 26.1 Å². The third-order valence-corrected chi connectivity index (χ3v) is 10.6. The van der Waals surface area contributed by atoms with Gasteiger partial charge in [-0.3, -0.25) is 24.0 Å². The number of methoxy groups -OCH3 is 1. The van der Waals surface area contributed by atoms with Gasteiger partial charge in [0.05, 0.1) is 19.8 Å². The van der Waals surface area contributed by atoms with E-state index in [0.717, 1.165) is 16.0 Å². The van der Waals surface area contributed by atoms with Gasteiger partial charge in [-0.25, -0.2) is 9.59 Å². The number of hydrogen-bond acceptors (Lipinski definition) is 10. The number of nitrogens with one attached hydrogen (secondary N) is 3. The van der Waals surface area contributed by atoms with Gasteiger partial charge in [-0.05, 0) is 77.2 Å². The zero-order valence-corrected chi connectivity index (χ0v) is 38.0. The van der Waals surface area contributed by atoms with Crippen LogP contribution < -0.4 is 16.0 Å². The second-order valence-electron chi connectivity index (χ2n) is 16.3. The summed E-state index contributed by atoms with van der Waals surface area (Å²) < 4.78 is 10.3. The van der Waals surface area contributed by atoms with E-state index in [1.54, 1.807) is 44.2 Å². The number of ether oxygens (including phenoxy) is 2. The predicted molar refractivity (Wildman–Crippen MR) is 230 cm³/mol. The molecule has 1 aromatic rings. The number of carbonyl (C=O) groups excluding carboxylic acids is 7. The predicted octanol–water partition coefficient (Wildman–Crippen LogP) is 3.88. The minimum Gasteiger partial charge on any atom is -0.467 e. The van der Waals surface area contributed by atoms with Crippen LogP contribution in [-0.2, 0) is 49.5 Å². The highest BCUT2D eigenvalue weighted by atomic mass is 16.5. The van der Waals surface area contributed by atoms with E-state index < -0.39 is 84.4 Å². The van der Waals surface area contributed by atoms with Crippen molar-refractivity contribution in [1.29, 1.82) is 0 Å². The zero-order valence-electron chi connectivity index (χ0n) is 38.0. The molecular weight excluding hydrogens is 771 g/mol. The second kappa shape index (κ2) is 26.2. The summed E-state index contributed by atoms with van der Waals surface area (Å²) in [5, 5.41) is 18.5. The van der Waals surface area contributed by atoms with Crippen LogP contribution in [0.25, 0.3) is 0 Å². The molecule has 1 aromatic carbocycles. The number of amides is 5. The van der Waals surface area contributed by atoms with Gasteiger partial charge in [-0.2, -0.15) is 0 Å². The third-order valence-electron chi connectivity index (χ3n) is 10.6. The van der Waals surface area contributed by atoms with Gasteiger partial charge in [0.2, 0.25) is 23.6 Å². The molecule has 0 saturated carbocycles. The topological polar surface area (TPSA) is 201 Å². The largest absolute Gasteiger partial charge is 0.467 e. The molecule has 0 aliphatic carbocycles. The van der Waals surface area contributed by atoms with Gasteiger partial charge in [-0.1, -0.05) is 89.1 Å². The van der Waals surface area contributed by atoms with Crippen LogP contribution in [0.3, 0.4) is 0 Å². The summed E-state index contributed by atoms with van der Waals surface area (Å²) in [6.07, 6.45) is 3.42. The summed E-state index contributed by atoms with van der Waals surface area (Å²) in [4.78, 5) is 95.5. The van der Waals surface area contributed by atoms with Crippen molar-refractivity contribution < 1.29 is 48.1 Å². The van der Waals surface area contributed by atoms with Crippen molar-refractivity contribution in [3.63, 3.8) is 0 Å². The Morgan fingerprint density at radius 2 is 1.43 bits per heavy atom. The van der Waals surface area contributed by atoms with Crippen LogP contribution in [0.4, 0.5) is 0 Å². The lowest BCUT2D eigenvalue weighted by atomic mass is 9.94. The van der Waals surface area contributed by atoms with Gasteiger partial charge in [0.1, 0.15) is 24.2 Å². The number of rotatable bonds is 24. The van der Waals surface area contributed by atoms with Crippen LogP contribution in [0.15, 0.2) is 53.6 Å². The summed E-state index contributed by atoms with van der Waals surface area (Å²) in [6, 6.07) is 4.79. The first-order chi connectivity index (χ1) is 28.1. The molecule has 336 valence electrons.